The van der Waals surface area contributed by atoms with Crippen LogP contribution >= 0.6 is 11.3 Å². The Kier molecular flexibility index (Phi) is 13.7. The predicted molar refractivity (Wildman–Crippen MR) is 292 cm³/mol. The molecule has 0 saturated heterocycles. The molecule has 0 amide bonds. The van der Waals surface area contributed by atoms with E-state index >= 15 is 0 Å². The monoisotopic (exact) mass is 879 g/mol. The first-order valence-electron chi connectivity index (χ1n) is 22.3. The van der Waals surface area contributed by atoms with Crippen LogP contribution in [0, 0.1) is 0 Å². The molecule has 0 bridgehead atoms. The Balaban J connectivity index is 0.971. The zero-order valence-corrected chi connectivity index (χ0v) is 38.0. The number of rotatable bonds is 16. The lowest BCUT2D eigenvalue weighted by Crippen LogP contribution is -2.09. The molecular formula is C64H49NOS. The van der Waals surface area contributed by atoms with Crippen molar-refractivity contribution >= 4 is 68.1 Å². The van der Waals surface area contributed by atoms with Crippen molar-refractivity contribution in [3.63, 3.8) is 0 Å². The average molecular weight is 880 g/mol. The number of para-hydroxylation sites is 2. The van der Waals surface area contributed by atoms with Gasteiger partial charge in [0.15, 0.2) is 0 Å². The van der Waals surface area contributed by atoms with Crippen molar-refractivity contribution in [3.8, 4) is 32.0 Å². The number of anilines is 3. The van der Waals surface area contributed by atoms with Crippen LogP contribution in [0.15, 0.2) is 279 Å². The highest BCUT2D eigenvalue weighted by Gasteiger charge is 2.15. The number of furan rings is 1. The van der Waals surface area contributed by atoms with E-state index in [0.717, 1.165) is 78.0 Å². The first kappa shape index (κ1) is 43.7. The molecule has 67 heavy (non-hydrogen) atoms. The summed E-state index contributed by atoms with van der Waals surface area (Å²) in [6.07, 6.45) is 25.9. The third-order valence-corrected chi connectivity index (χ3v) is 12.7. The molecule has 0 saturated carbocycles. The minimum atomic E-state index is 0.910. The van der Waals surface area contributed by atoms with Crippen LogP contribution in [0.2, 0.25) is 0 Å². The lowest BCUT2D eigenvalue weighted by molar-refractivity contribution is 0.670. The number of hydrogen-bond donors (Lipinski definition) is 0. The summed E-state index contributed by atoms with van der Waals surface area (Å²) in [5.74, 6) is 0. The Bertz CT molecular complexity index is 3350. The fourth-order valence-corrected chi connectivity index (χ4v) is 9.09. The van der Waals surface area contributed by atoms with Crippen LogP contribution in [0.3, 0.4) is 0 Å². The van der Waals surface area contributed by atoms with Gasteiger partial charge in [-0.15, -0.1) is 11.3 Å². The summed E-state index contributed by atoms with van der Waals surface area (Å²) in [6, 6.07) is 64.5. The molecule has 9 aromatic rings. The molecule has 0 radical (unpaired) electrons. The quantitative estimate of drug-likeness (QED) is 0.0899. The number of thiophene rings is 1. The van der Waals surface area contributed by atoms with Gasteiger partial charge in [-0.05, 0) is 99.1 Å². The van der Waals surface area contributed by atoms with E-state index in [0.29, 0.717) is 0 Å². The molecule has 322 valence electrons. The van der Waals surface area contributed by atoms with Gasteiger partial charge in [0.1, 0.15) is 11.2 Å². The van der Waals surface area contributed by atoms with Gasteiger partial charge in [-0.2, -0.15) is 0 Å². The fraction of sp³-hybridized carbons (Fsp3) is 0. The lowest BCUT2D eigenvalue weighted by atomic mass is 10.0. The highest BCUT2D eigenvalue weighted by Crippen LogP contribution is 2.41. The molecule has 0 aliphatic rings. The molecule has 9 rings (SSSR count). The lowest BCUT2D eigenvalue weighted by Gasteiger charge is -2.26. The Morgan fingerprint density at radius 1 is 0.463 bits per heavy atom. The predicted octanol–water partition coefficient (Wildman–Crippen LogP) is 18.8. The van der Waals surface area contributed by atoms with Crippen LogP contribution in [0.5, 0.6) is 0 Å². The van der Waals surface area contributed by atoms with Crippen LogP contribution in [0.25, 0.3) is 71.7 Å². The first-order valence-corrected chi connectivity index (χ1v) is 23.1. The molecule has 0 fully saturated rings. The molecule has 0 atom stereocenters. The average Bonchev–Trinajstić information content (AvgIpc) is 4.04. The molecule has 0 unspecified atom stereocenters. The van der Waals surface area contributed by atoms with Crippen molar-refractivity contribution in [1.29, 1.82) is 0 Å². The van der Waals surface area contributed by atoms with E-state index in [1.807, 2.05) is 66.8 Å². The standard InChI is InChI=1S/C64H49NOS/c1-4-7-8-10-18-47(5-2)21-15-22-49-29-39-55(40-30-49)65(56-41-35-51(36-42-56)50(6-3)24-16-23-48-19-11-9-12-20-48)57-43-37-54(38-44-57)63-46-45-62(67-63)53-33-31-52(32-34-53)58-26-17-27-60-59-25-13-14-28-61(59)66-64(58)60/h4-46H,1-3H2. The summed E-state index contributed by atoms with van der Waals surface area (Å²) in [4.78, 5) is 4.74. The van der Waals surface area contributed by atoms with E-state index in [1.165, 1.54) is 20.9 Å². The minimum Gasteiger partial charge on any atom is -0.455 e. The van der Waals surface area contributed by atoms with Gasteiger partial charge in [-0.1, -0.05) is 226 Å². The van der Waals surface area contributed by atoms with Gasteiger partial charge in [0, 0.05) is 43.2 Å². The van der Waals surface area contributed by atoms with Crippen LogP contribution < -0.4 is 4.90 Å². The summed E-state index contributed by atoms with van der Waals surface area (Å²) >= 11 is 1.80. The normalized spacial score (nSPS) is 12.3. The van der Waals surface area contributed by atoms with Crippen LogP contribution in [0.4, 0.5) is 17.1 Å². The molecule has 2 heterocycles. The topological polar surface area (TPSA) is 16.4 Å². The number of fused-ring (bicyclic) bond motifs is 3. The number of hydrogen-bond acceptors (Lipinski definition) is 3. The maximum Gasteiger partial charge on any atom is 0.143 e. The highest BCUT2D eigenvalue weighted by atomic mass is 32.1. The second kappa shape index (κ2) is 21.0. The van der Waals surface area contributed by atoms with Crippen molar-refractivity contribution in [2.45, 2.75) is 0 Å². The Morgan fingerprint density at radius 2 is 1.04 bits per heavy atom. The molecule has 0 aliphatic carbocycles. The van der Waals surface area contributed by atoms with Gasteiger partial charge in [0.05, 0.1) is 0 Å². The van der Waals surface area contributed by atoms with Crippen LogP contribution in [-0.4, -0.2) is 0 Å². The van der Waals surface area contributed by atoms with Crippen molar-refractivity contribution in [1.82, 2.24) is 0 Å². The Hall–Kier alpha value is -8.50. The van der Waals surface area contributed by atoms with Crippen molar-refractivity contribution in [2.24, 2.45) is 0 Å². The number of nitrogens with zero attached hydrogens (tertiary/aromatic N) is 1. The number of allylic oxidation sites excluding steroid dienone is 13. The zero-order valence-electron chi connectivity index (χ0n) is 37.2. The van der Waals surface area contributed by atoms with E-state index < -0.39 is 0 Å². The van der Waals surface area contributed by atoms with Crippen LogP contribution in [-0.2, 0) is 0 Å². The minimum absolute atomic E-state index is 0.910. The van der Waals surface area contributed by atoms with Gasteiger partial charge in [0.2, 0.25) is 0 Å². The maximum absolute atomic E-state index is 6.34. The largest absolute Gasteiger partial charge is 0.455 e. The van der Waals surface area contributed by atoms with Crippen molar-refractivity contribution in [3.05, 3.63) is 291 Å². The molecular weight excluding hydrogens is 831 g/mol. The summed E-state index contributed by atoms with van der Waals surface area (Å²) in [5, 5.41) is 2.28. The highest BCUT2D eigenvalue weighted by molar-refractivity contribution is 7.18. The zero-order chi connectivity index (χ0) is 45.8. The SMILES string of the molecule is C=CC=CC=CC(C=C)=CC=Cc1ccc(N(c2ccc(C(C=C)=CC=Cc3ccccc3)cc2)c2ccc(-c3ccc(-c4ccc(-c5cccc6c5oc5ccccc56)cc4)s3)cc2)cc1. The molecule has 2 aromatic heterocycles. The van der Waals surface area contributed by atoms with Gasteiger partial charge in [-0.3, -0.25) is 0 Å². The molecule has 0 aliphatic heterocycles. The molecule has 0 N–H and O–H groups in total. The second-order valence-corrected chi connectivity index (χ2v) is 16.9. The van der Waals surface area contributed by atoms with Crippen molar-refractivity contribution < 1.29 is 4.42 Å². The van der Waals surface area contributed by atoms with E-state index in [-0.39, 0.29) is 0 Å². The summed E-state index contributed by atoms with van der Waals surface area (Å²) in [6.45, 7) is 11.8. The summed E-state index contributed by atoms with van der Waals surface area (Å²) in [7, 11) is 0. The molecule has 2 nitrogen and oxygen atoms in total. The van der Waals surface area contributed by atoms with E-state index in [1.54, 1.807) is 17.4 Å². The van der Waals surface area contributed by atoms with Gasteiger partial charge in [0.25, 0.3) is 0 Å². The molecule has 3 heteroatoms. The third kappa shape index (κ3) is 10.2. The smallest absolute Gasteiger partial charge is 0.143 e. The van der Waals surface area contributed by atoms with E-state index in [9.17, 15) is 0 Å². The van der Waals surface area contributed by atoms with E-state index in [2.05, 4.69) is 213 Å². The van der Waals surface area contributed by atoms with Crippen LogP contribution in [0.1, 0.15) is 16.7 Å². The first-order chi connectivity index (χ1) is 33.1. The molecule has 0 spiro atoms. The molecule has 7 aromatic carbocycles. The van der Waals surface area contributed by atoms with Gasteiger partial charge in [-0.25, -0.2) is 0 Å². The Labute approximate surface area is 398 Å². The van der Waals surface area contributed by atoms with E-state index in [4.69, 9.17) is 4.42 Å². The fourth-order valence-electron chi connectivity index (χ4n) is 8.08. The Morgan fingerprint density at radius 3 is 1.72 bits per heavy atom. The number of benzene rings is 7. The summed E-state index contributed by atoms with van der Waals surface area (Å²) < 4.78 is 6.34. The second-order valence-electron chi connectivity index (χ2n) is 15.8. The van der Waals surface area contributed by atoms with Crippen molar-refractivity contribution in [2.75, 3.05) is 4.90 Å². The summed E-state index contributed by atoms with van der Waals surface area (Å²) in [5.41, 5.74) is 15.0. The van der Waals surface area contributed by atoms with Gasteiger partial charge >= 0.3 is 0 Å². The van der Waals surface area contributed by atoms with Gasteiger partial charge < -0.3 is 9.32 Å². The maximum atomic E-state index is 6.34. The third-order valence-electron chi connectivity index (χ3n) is 11.6.